The highest BCUT2D eigenvalue weighted by molar-refractivity contribution is 6.30. The smallest absolute Gasteiger partial charge is 0.323 e. The van der Waals surface area contributed by atoms with Crippen LogP contribution in [-0.2, 0) is 4.79 Å². The summed E-state index contributed by atoms with van der Waals surface area (Å²) in [6.45, 7) is 4.59. The molecule has 1 aliphatic rings. The summed E-state index contributed by atoms with van der Waals surface area (Å²) >= 11 is 6.06. The third-order valence-electron chi connectivity index (χ3n) is 4.57. The van der Waals surface area contributed by atoms with Crippen LogP contribution >= 0.6 is 11.6 Å². The average molecular weight is 310 g/mol. The van der Waals surface area contributed by atoms with Gasteiger partial charge in [0.2, 0.25) is 0 Å². The standard InChI is InChI=1S/C17H24ClNO2/c1-12(2)13-6-8-15(9-7-13)19(11-17(20)21)16-5-3-4-14(18)10-16/h3-5,10,12-13,15H,6-9,11H2,1-2H3,(H,20,21). The maximum atomic E-state index is 11.2. The van der Waals surface area contributed by atoms with Crippen molar-refractivity contribution in [3.05, 3.63) is 29.3 Å². The van der Waals surface area contributed by atoms with Crippen molar-refractivity contribution in [2.45, 2.75) is 45.6 Å². The molecule has 1 fully saturated rings. The highest BCUT2D eigenvalue weighted by Crippen LogP contribution is 2.34. The molecule has 0 amide bonds. The molecule has 0 heterocycles. The zero-order valence-electron chi connectivity index (χ0n) is 12.8. The molecule has 2 rings (SSSR count). The molecule has 1 aliphatic carbocycles. The number of aliphatic carboxylic acids is 1. The van der Waals surface area contributed by atoms with E-state index in [4.69, 9.17) is 11.6 Å². The van der Waals surface area contributed by atoms with Gasteiger partial charge in [-0.2, -0.15) is 0 Å². The number of anilines is 1. The van der Waals surface area contributed by atoms with Crippen molar-refractivity contribution in [3.8, 4) is 0 Å². The van der Waals surface area contributed by atoms with Crippen LogP contribution in [0.1, 0.15) is 39.5 Å². The van der Waals surface area contributed by atoms with Crippen molar-refractivity contribution >= 4 is 23.3 Å². The number of carboxylic acids is 1. The predicted octanol–water partition coefficient (Wildman–Crippen LogP) is 4.45. The average Bonchev–Trinajstić information content (AvgIpc) is 2.44. The molecule has 0 radical (unpaired) electrons. The fourth-order valence-electron chi connectivity index (χ4n) is 3.31. The van der Waals surface area contributed by atoms with E-state index in [0.29, 0.717) is 17.0 Å². The molecule has 1 aromatic carbocycles. The van der Waals surface area contributed by atoms with Crippen molar-refractivity contribution in [2.75, 3.05) is 11.4 Å². The summed E-state index contributed by atoms with van der Waals surface area (Å²) in [5.74, 6) is 0.693. The largest absolute Gasteiger partial charge is 0.480 e. The van der Waals surface area contributed by atoms with Crippen LogP contribution < -0.4 is 4.90 Å². The van der Waals surface area contributed by atoms with Gasteiger partial charge in [-0.15, -0.1) is 0 Å². The van der Waals surface area contributed by atoms with Gasteiger partial charge in [-0.3, -0.25) is 4.79 Å². The molecular weight excluding hydrogens is 286 g/mol. The van der Waals surface area contributed by atoms with Crippen LogP contribution in [0, 0.1) is 11.8 Å². The van der Waals surface area contributed by atoms with Gasteiger partial charge in [0, 0.05) is 16.8 Å². The van der Waals surface area contributed by atoms with Gasteiger partial charge in [-0.25, -0.2) is 0 Å². The van der Waals surface area contributed by atoms with Crippen LogP contribution in [0.3, 0.4) is 0 Å². The van der Waals surface area contributed by atoms with Gasteiger partial charge in [0.05, 0.1) is 0 Å². The van der Waals surface area contributed by atoms with Gasteiger partial charge >= 0.3 is 5.97 Å². The van der Waals surface area contributed by atoms with E-state index in [-0.39, 0.29) is 6.54 Å². The number of halogens is 1. The zero-order valence-corrected chi connectivity index (χ0v) is 13.5. The number of nitrogens with zero attached hydrogens (tertiary/aromatic N) is 1. The molecule has 0 unspecified atom stereocenters. The van der Waals surface area contributed by atoms with Crippen molar-refractivity contribution in [3.63, 3.8) is 0 Å². The lowest BCUT2D eigenvalue weighted by Crippen LogP contribution is -2.42. The Kier molecular flexibility index (Phi) is 5.51. The molecule has 0 aromatic heterocycles. The number of hydrogen-bond acceptors (Lipinski definition) is 2. The molecule has 0 aliphatic heterocycles. The summed E-state index contributed by atoms with van der Waals surface area (Å²) in [6.07, 6.45) is 4.48. The van der Waals surface area contributed by atoms with Crippen LogP contribution in [0.4, 0.5) is 5.69 Å². The number of benzene rings is 1. The second kappa shape index (κ2) is 7.17. The normalized spacial score (nSPS) is 22.3. The lowest BCUT2D eigenvalue weighted by Gasteiger charge is -2.38. The molecular formula is C17H24ClNO2. The van der Waals surface area contributed by atoms with E-state index >= 15 is 0 Å². The van der Waals surface area contributed by atoms with Gasteiger partial charge in [0.15, 0.2) is 0 Å². The number of carboxylic acid groups (broad SMARTS) is 1. The summed E-state index contributed by atoms with van der Waals surface area (Å²) in [5, 5.41) is 9.86. The van der Waals surface area contributed by atoms with E-state index in [2.05, 4.69) is 13.8 Å². The number of carbonyl (C=O) groups is 1. The number of rotatable bonds is 5. The monoisotopic (exact) mass is 309 g/mol. The maximum Gasteiger partial charge on any atom is 0.323 e. The molecule has 0 saturated heterocycles. The van der Waals surface area contributed by atoms with E-state index in [1.165, 1.54) is 12.8 Å². The molecule has 1 saturated carbocycles. The third-order valence-corrected chi connectivity index (χ3v) is 4.81. The van der Waals surface area contributed by atoms with Crippen LogP contribution in [0.15, 0.2) is 24.3 Å². The fraction of sp³-hybridized carbons (Fsp3) is 0.588. The van der Waals surface area contributed by atoms with E-state index in [1.54, 1.807) is 0 Å². The highest BCUT2D eigenvalue weighted by Gasteiger charge is 2.28. The minimum absolute atomic E-state index is 0.0390. The SMILES string of the molecule is CC(C)C1CCC(N(CC(=O)O)c2cccc(Cl)c2)CC1. The van der Waals surface area contributed by atoms with Crippen LogP contribution in [-0.4, -0.2) is 23.7 Å². The Labute approximate surface area is 131 Å². The molecule has 0 bridgehead atoms. The van der Waals surface area contributed by atoms with Crippen LogP contribution in [0.25, 0.3) is 0 Å². The minimum atomic E-state index is -0.791. The molecule has 116 valence electrons. The molecule has 21 heavy (non-hydrogen) atoms. The summed E-state index contributed by atoms with van der Waals surface area (Å²) < 4.78 is 0. The van der Waals surface area contributed by atoms with E-state index in [9.17, 15) is 9.90 Å². The third kappa shape index (κ3) is 4.37. The Bertz CT molecular complexity index is 481. The van der Waals surface area contributed by atoms with Crippen molar-refractivity contribution < 1.29 is 9.90 Å². The van der Waals surface area contributed by atoms with Gasteiger partial charge in [0.25, 0.3) is 0 Å². The number of hydrogen-bond donors (Lipinski definition) is 1. The highest BCUT2D eigenvalue weighted by atomic mass is 35.5. The quantitative estimate of drug-likeness (QED) is 0.873. The predicted molar refractivity (Wildman–Crippen MR) is 87.0 cm³/mol. The first-order chi connectivity index (χ1) is 9.97. The first kappa shape index (κ1) is 16.2. The fourth-order valence-corrected chi connectivity index (χ4v) is 3.50. The molecule has 0 spiro atoms. The van der Waals surface area contributed by atoms with E-state index in [1.807, 2.05) is 29.2 Å². The second-order valence-electron chi connectivity index (χ2n) is 6.31. The van der Waals surface area contributed by atoms with E-state index in [0.717, 1.165) is 24.4 Å². The summed E-state index contributed by atoms with van der Waals surface area (Å²) in [7, 11) is 0. The molecule has 1 N–H and O–H groups in total. The van der Waals surface area contributed by atoms with Crippen LogP contribution in [0.2, 0.25) is 5.02 Å². The summed E-state index contributed by atoms with van der Waals surface area (Å²) in [6, 6.07) is 7.81. The Morgan fingerprint density at radius 2 is 2.00 bits per heavy atom. The maximum absolute atomic E-state index is 11.2. The first-order valence-electron chi connectivity index (χ1n) is 7.71. The van der Waals surface area contributed by atoms with Crippen molar-refractivity contribution in [1.29, 1.82) is 0 Å². The molecule has 1 aromatic rings. The van der Waals surface area contributed by atoms with Crippen molar-refractivity contribution in [2.24, 2.45) is 11.8 Å². The minimum Gasteiger partial charge on any atom is -0.480 e. The Balaban J connectivity index is 2.12. The Morgan fingerprint density at radius 1 is 1.33 bits per heavy atom. The molecule has 3 nitrogen and oxygen atoms in total. The zero-order chi connectivity index (χ0) is 15.4. The topological polar surface area (TPSA) is 40.5 Å². The van der Waals surface area contributed by atoms with E-state index < -0.39 is 5.97 Å². The Morgan fingerprint density at radius 3 is 2.52 bits per heavy atom. The summed E-state index contributed by atoms with van der Waals surface area (Å²) in [5.41, 5.74) is 0.915. The second-order valence-corrected chi connectivity index (χ2v) is 6.75. The van der Waals surface area contributed by atoms with Crippen molar-refractivity contribution in [1.82, 2.24) is 0 Å². The van der Waals surface area contributed by atoms with Crippen LogP contribution in [0.5, 0.6) is 0 Å². The molecule has 0 atom stereocenters. The van der Waals surface area contributed by atoms with Gasteiger partial charge < -0.3 is 10.0 Å². The lowest BCUT2D eigenvalue weighted by atomic mass is 9.79. The molecule has 4 heteroatoms. The van der Waals surface area contributed by atoms with Gasteiger partial charge in [0.1, 0.15) is 6.54 Å². The first-order valence-corrected chi connectivity index (χ1v) is 8.09. The summed E-state index contributed by atoms with van der Waals surface area (Å²) in [4.78, 5) is 13.2. The van der Waals surface area contributed by atoms with Gasteiger partial charge in [-0.05, 0) is 55.7 Å². The van der Waals surface area contributed by atoms with Gasteiger partial charge in [-0.1, -0.05) is 31.5 Å². The Hall–Kier alpha value is -1.22. The lowest BCUT2D eigenvalue weighted by molar-refractivity contribution is -0.135.